The molecular weight excluding hydrogens is 282 g/mol. The van der Waals surface area contributed by atoms with E-state index in [1.165, 1.54) is 0 Å². The van der Waals surface area contributed by atoms with E-state index in [4.69, 9.17) is 21.1 Å². The first-order valence-corrected chi connectivity index (χ1v) is 6.91. The second-order valence-electron chi connectivity index (χ2n) is 4.64. The fraction of sp³-hybridized carbons (Fsp3) is 0.500. The van der Waals surface area contributed by atoms with Crippen LogP contribution in [0.2, 0.25) is 5.02 Å². The molecule has 1 amide bonds. The van der Waals surface area contributed by atoms with Gasteiger partial charge in [-0.05, 0) is 25.1 Å². The molecule has 1 saturated heterocycles. The summed E-state index contributed by atoms with van der Waals surface area (Å²) in [6.45, 7) is 3.87. The van der Waals surface area contributed by atoms with Crippen LogP contribution >= 0.6 is 11.6 Å². The minimum Gasteiger partial charge on any atom is -0.483 e. The third-order valence-electron chi connectivity index (χ3n) is 3.14. The van der Waals surface area contributed by atoms with Gasteiger partial charge in [0.25, 0.3) is 5.91 Å². The molecule has 1 aliphatic heterocycles. The minimum atomic E-state index is -0.706. The molecule has 0 saturated carbocycles. The van der Waals surface area contributed by atoms with Gasteiger partial charge in [-0.15, -0.1) is 0 Å². The zero-order valence-electron chi connectivity index (χ0n) is 11.3. The Hall–Kier alpha value is -1.30. The first-order valence-electron chi connectivity index (χ1n) is 6.54. The van der Waals surface area contributed by atoms with Gasteiger partial charge in [-0.2, -0.15) is 0 Å². The number of halogens is 1. The summed E-state index contributed by atoms with van der Waals surface area (Å²) < 4.78 is 10.7. The molecule has 0 bridgehead atoms. The molecule has 1 aromatic rings. The van der Waals surface area contributed by atoms with Gasteiger partial charge in [-0.1, -0.05) is 11.6 Å². The van der Waals surface area contributed by atoms with Gasteiger partial charge in [-0.3, -0.25) is 4.79 Å². The van der Waals surface area contributed by atoms with E-state index in [9.17, 15) is 9.90 Å². The van der Waals surface area contributed by atoms with Gasteiger partial charge in [-0.25, -0.2) is 0 Å². The smallest absolute Gasteiger partial charge is 0.260 e. The van der Waals surface area contributed by atoms with Crippen LogP contribution in [-0.2, 0) is 9.53 Å². The number of hydrogen-bond acceptors (Lipinski definition) is 4. The van der Waals surface area contributed by atoms with Gasteiger partial charge in [0.1, 0.15) is 5.75 Å². The average molecular weight is 300 g/mol. The number of aliphatic hydroxyl groups excluding tert-OH is 1. The maximum absolute atomic E-state index is 12.0. The van der Waals surface area contributed by atoms with Crippen LogP contribution in [0.1, 0.15) is 18.6 Å². The van der Waals surface area contributed by atoms with Gasteiger partial charge >= 0.3 is 0 Å². The molecule has 1 fully saturated rings. The average Bonchev–Trinajstić information content (AvgIpc) is 2.46. The molecule has 1 aromatic carbocycles. The molecule has 2 rings (SSSR count). The SMILES string of the molecule is C[C@H](O)c1cc(Cl)ccc1OCC(=O)N1CCOCC1. The predicted molar refractivity (Wildman–Crippen MR) is 75.0 cm³/mol. The molecule has 0 unspecified atom stereocenters. The van der Waals surface area contributed by atoms with E-state index < -0.39 is 6.10 Å². The number of benzene rings is 1. The Morgan fingerprint density at radius 3 is 2.85 bits per heavy atom. The molecular formula is C14H18ClNO4. The molecule has 1 atom stereocenters. The lowest BCUT2D eigenvalue weighted by molar-refractivity contribution is -0.137. The number of carbonyl (C=O) groups excluding carboxylic acids is 1. The molecule has 110 valence electrons. The van der Waals surface area contributed by atoms with Crippen LogP contribution in [-0.4, -0.2) is 48.8 Å². The first-order chi connectivity index (χ1) is 9.58. The summed E-state index contributed by atoms with van der Waals surface area (Å²) in [6.07, 6.45) is -0.706. The molecule has 0 radical (unpaired) electrons. The molecule has 1 N–H and O–H groups in total. The Balaban J connectivity index is 1.98. The van der Waals surface area contributed by atoms with Crippen LogP contribution < -0.4 is 4.74 Å². The summed E-state index contributed by atoms with van der Waals surface area (Å²) in [5, 5.41) is 10.2. The first kappa shape index (κ1) is 15.1. The second kappa shape index (κ2) is 6.92. The van der Waals surface area contributed by atoms with Crippen LogP contribution in [0.3, 0.4) is 0 Å². The summed E-state index contributed by atoms with van der Waals surface area (Å²) >= 11 is 5.89. The normalized spacial score (nSPS) is 16.9. The van der Waals surface area contributed by atoms with Crippen LogP contribution in [0.4, 0.5) is 0 Å². The fourth-order valence-electron chi connectivity index (χ4n) is 2.02. The number of amides is 1. The van der Waals surface area contributed by atoms with Crippen molar-refractivity contribution in [2.24, 2.45) is 0 Å². The third-order valence-corrected chi connectivity index (χ3v) is 3.37. The van der Waals surface area contributed by atoms with Gasteiger partial charge < -0.3 is 19.5 Å². The van der Waals surface area contributed by atoms with E-state index in [1.54, 1.807) is 30.0 Å². The van der Waals surface area contributed by atoms with Crippen molar-refractivity contribution in [3.05, 3.63) is 28.8 Å². The lowest BCUT2D eigenvalue weighted by Crippen LogP contribution is -2.43. The van der Waals surface area contributed by atoms with E-state index in [0.717, 1.165) is 0 Å². The van der Waals surface area contributed by atoms with E-state index in [1.807, 2.05) is 0 Å². The standard InChI is InChI=1S/C14H18ClNO4/c1-10(17)12-8-11(15)2-3-13(12)20-9-14(18)16-4-6-19-7-5-16/h2-3,8,10,17H,4-7,9H2,1H3/t10-/m0/s1. The van der Waals surface area contributed by atoms with E-state index in [0.29, 0.717) is 42.6 Å². The van der Waals surface area contributed by atoms with Crippen molar-refractivity contribution in [3.8, 4) is 5.75 Å². The Morgan fingerprint density at radius 2 is 2.20 bits per heavy atom. The van der Waals surface area contributed by atoms with Crippen LogP contribution in [0, 0.1) is 0 Å². The molecule has 0 spiro atoms. The van der Waals surface area contributed by atoms with Crippen LogP contribution in [0.15, 0.2) is 18.2 Å². The van der Waals surface area contributed by atoms with Gasteiger partial charge in [0.2, 0.25) is 0 Å². The summed E-state index contributed by atoms with van der Waals surface area (Å²) in [4.78, 5) is 13.7. The van der Waals surface area contributed by atoms with Crippen molar-refractivity contribution in [2.75, 3.05) is 32.9 Å². The fourth-order valence-corrected chi connectivity index (χ4v) is 2.20. The predicted octanol–water partition coefficient (Wildman–Crippen LogP) is 1.63. The largest absolute Gasteiger partial charge is 0.483 e. The van der Waals surface area contributed by atoms with Crippen molar-refractivity contribution in [1.82, 2.24) is 4.90 Å². The van der Waals surface area contributed by atoms with Crippen molar-refractivity contribution in [1.29, 1.82) is 0 Å². The van der Waals surface area contributed by atoms with Crippen molar-refractivity contribution in [2.45, 2.75) is 13.0 Å². The van der Waals surface area contributed by atoms with Gasteiger partial charge in [0.15, 0.2) is 6.61 Å². The highest BCUT2D eigenvalue weighted by atomic mass is 35.5. The van der Waals surface area contributed by atoms with E-state index in [-0.39, 0.29) is 12.5 Å². The number of nitrogens with zero attached hydrogens (tertiary/aromatic N) is 1. The van der Waals surface area contributed by atoms with E-state index >= 15 is 0 Å². The number of morpholine rings is 1. The zero-order valence-corrected chi connectivity index (χ0v) is 12.1. The number of carbonyl (C=O) groups is 1. The number of rotatable bonds is 4. The molecule has 6 heteroatoms. The maximum Gasteiger partial charge on any atom is 0.260 e. The zero-order chi connectivity index (χ0) is 14.5. The quantitative estimate of drug-likeness (QED) is 0.918. The molecule has 0 aromatic heterocycles. The van der Waals surface area contributed by atoms with Gasteiger partial charge in [0.05, 0.1) is 19.3 Å². The Labute approximate surface area is 123 Å². The highest BCUT2D eigenvalue weighted by Gasteiger charge is 2.18. The van der Waals surface area contributed by atoms with Gasteiger partial charge in [0, 0.05) is 23.7 Å². The Morgan fingerprint density at radius 1 is 1.50 bits per heavy atom. The lowest BCUT2D eigenvalue weighted by Gasteiger charge is -2.27. The van der Waals surface area contributed by atoms with Crippen LogP contribution in [0.5, 0.6) is 5.75 Å². The highest BCUT2D eigenvalue weighted by Crippen LogP contribution is 2.28. The Kier molecular flexibility index (Phi) is 5.23. The number of hydrogen-bond donors (Lipinski definition) is 1. The molecule has 1 aliphatic rings. The van der Waals surface area contributed by atoms with Crippen molar-refractivity contribution >= 4 is 17.5 Å². The summed E-state index contributed by atoms with van der Waals surface area (Å²) in [5.41, 5.74) is 0.576. The topological polar surface area (TPSA) is 59.0 Å². The lowest BCUT2D eigenvalue weighted by atomic mass is 10.1. The van der Waals surface area contributed by atoms with Crippen LogP contribution in [0.25, 0.3) is 0 Å². The third kappa shape index (κ3) is 3.85. The number of aliphatic hydroxyl groups is 1. The Bertz CT molecular complexity index is 472. The van der Waals surface area contributed by atoms with Crippen molar-refractivity contribution < 1.29 is 19.4 Å². The summed E-state index contributed by atoms with van der Waals surface area (Å²) in [5.74, 6) is 0.394. The minimum absolute atomic E-state index is 0.0542. The summed E-state index contributed by atoms with van der Waals surface area (Å²) in [7, 11) is 0. The summed E-state index contributed by atoms with van der Waals surface area (Å²) in [6, 6.07) is 4.97. The second-order valence-corrected chi connectivity index (χ2v) is 5.08. The molecule has 1 heterocycles. The molecule has 0 aliphatic carbocycles. The highest BCUT2D eigenvalue weighted by molar-refractivity contribution is 6.30. The number of ether oxygens (including phenoxy) is 2. The maximum atomic E-state index is 12.0. The molecule has 20 heavy (non-hydrogen) atoms. The van der Waals surface area contributed by atoms with E-state index in [2.05, 4.69) is 0 Å². The van der Waals surface area contributed by atoms with Crippen molar-refractivity contribution in [3.63, 3.8) is 0 Å². The monoisotopic (exact) mass is 299 g/mol. The molecule has 5 nitrogen and oxygen atoms in total.